The molecule has 1 saturated heterocycles. The lowest BCUT2D eigenvalue weighted by atomic mass is 10.1. The third kappa shape index (κ3) is 3.49. The van der Waals surface area contributed by atoms with E-state index in [0.717, 1.165) is 29.5 Å². The fourth-order valence-electron chi connectivity index (χ4n) is 3.32. The highest BCUT2D eigenvalue weighted by Crippen LogP contribution is 2.31. The van der Waals surface area contributed by atoms with Gasteiger partial charge in [0.05, 0.1) is 17.3 Å². The number of piperazine rings is 1. The normalized spacial score (nSPS) is 14.6. The lowest BCUT2D eigenvalue weighted by Crippen LogP contribution is -2.48. The SMILES string of the molecule is COc1ccc(C(=O)N2CCN(c3nc4cc(C)c(C)cc4s3)CC2)cc1. The summed E-state index contributed by atoms with van der Waals surface area (Å²) in [5, 5.41) is 1.05. The number of carbonyl (C=O) groups excluding carboxylic acids is 1. The van der Waals surface area contributed by atoms with Gasteiger partial charge in [-0.15, -0.1) is 0 Å². The molecule has 0 aliphatic carbocycles. The molecule has 27 heavy (non-hydrogen) atoms. The maximum atomic E-state index is 12.7. The lowest BCUT2D eigenvalue weighted by molar-refractivity contribution is 0.0746. The van der Waals surface area contributed by atoms with Crippen LogP contribution in [0.3, 0.4) is 0 Å². The summed E-state index contributed by atoms with van der Waals surface area (Å²) in [4.78, 5) is 21.7. The number of rotatable bonds is 3. The number of carbonyl (C=O) groups is 1. The first-order valence-electron chi connectivity index (χ1n) is 9.11. The molecule has 2 aromatic carbocycles. The molecule has 0 bridgehead atoms. The molecule has 0 N–H and O–H groups in total. The Balaban J connectivity index is 1.44. The highest BCUT2D eigenvalue weighted by molar-refractivity contribution is 7.22. The Hall–Kier alpha value is -2.60. The third-order valence-corrected chi connectivity index (χ3v) is 6.25. The summed E-state index contributed by atoms with van der Waals surface area (Å²) in [5.41, 5.74) is 4.34. The van der Waals surface area contributed by atoms with Crippen molar-refractivity contribution in [1.82, 2.24) is 9.88 Å². The Morgan fingerprint density at radius 1 is 1.04 bits per heavy atom. The zero-order valence-corrected chi connectivity index (χ0v) is 16.7. The fraction of sp³-hybridized carbons (Fsp3) is 0.333. The maximum Gasteiger partial charge on any atom is 0.253 e. The Morgan fingerprint density at radius 2 is 1.70 bits per heavy atom. The molecule has 0 atom stereocenters. The molecule has 0 radical (unpaired) electrons. The molecule has 5 nitrogen and oxygen atoms in total. The van der Waals surface area contributed by atoms with Gasteiger partial charge in [-0.2, -0.15) is 0 Å². The van der Waals surface area contributed by atoms with Crippen molar-refractivity contribution in [2.75, 3.05) is 38.2 Å². The number of ether oxygens (including phenoxy) is 1. The van der Waals surface area contributed by atoms with E-state index in [1.165, 1.54) is 15.8 Å². The van der Waals surface area contributed by atoms with Gasteiger partial charge in [-0.3, -0.25) is 4.79 Å². The zero-order chi connectivity index (χ0) is 19.0. The van der Waals surface area contributed by atoms with Crippen LogP contribution in [0.25, 0.3) is 10.2 Å². The van der Waals surface area contributed by atoms with Crippen LogP contribution in [0.15, 0.2) is 36.4 Å². The van der Waals surface area contributed by atoms with E-state index in [-0.39, 0.29) is 5.91 Å². The van der Waals surface area contributed by atoms with Crippen molar-refractivity contribution in [2.45, 2.75) is 13.8 Å². The largest absolute Gasteiger partial charge is 0.497 e. The van der Waals surface area contributed by atoms with E-state index in [1.807, 2.05) is 29.2 Å². The molecule has 4 rings (SSSR count). The molecule has 1 aliphatic rings. The van der Waals surface area contributed by atoms with Crippen LogP contribution in [-0.2, 0) is 0 Å². The Morgan fingerprint density at radius 3 is 2.37 bits per heavy atom. The Labute approximate surface area is 163 Å². The molecular formula is C21H23N3O2S. The second-order valence-corrected chi connectivity index (χ2v) is 7.92. The molecule has 1 amide bonds. The number of benzene rings is 2. The van der Waals surface area contributed by atoms with Crippen LogP contribution < -0.4 is 9.64 Å². The summed E-state index contributed by atoms with van der Waals surface area (Å²) in [7, 11) is 1.63. The number of anilines is 1. The van der Waals surface area contributed by atoms with Crippen molar-refractivity contribution < 1.29 is 9.53 Å². The first-order valence-corrected chi connectivity index (χ1v) is 9.93. The van der Waals surface area contributed by atoms with Gasteiger partial charge in [0.2, 0.25) is 0 Å². The van der Waals surface area contributed by atoms with Gasteiger partial charge in [0.25, 0.3) is 5.91 Å². The maximum absolute atomic E-state index is 12.7. The highest BCUT2D eigenvalue weighted by atomic mass is 32.1. The predicted octanol–water partition coefficient (Wildman–Crippen LogP) is 3.88. The number of nitrogens with zero attached hydrogens (tertiary/aromatic N) is 3. The molecule has 140 valence electrons. The summed E-state index contributed by atoms with van der Waals surface area (Å²) >= 11 is 1.73. The Kier molecular flexibility index (Phi) is 4.74. The number of hydrogen-bond donors (Lipinski definition) is 0. The average Bonchev–Trinajstić information content (AvgIpc) is 3.10. The van der Waals surface area contributed by atoms with Gasteiger partial charge in [0.15, 0.2) is 5.13 Å². The molecular weight excluding hydrogens is 358 g/mol. The zero-order valence-electron chi connectivity index (χ0n) is 15.9. The fourth-order valence-corrected chi connectivity index (χ4v) is 4.42. The van der Waals surface area contributed by atoms with E-state index in [1.54, 1.807) is 18.4 Å². The molecule has 1 aliphatic heterocycles. The number of methoxy groups -OCH3 is 1. The molecule has 0 spiro atoms. The van der Waals surface area contributed by atoms with Crippen LogP contribution in [0.5, 0.6) is 5.75 Å². The summed E-state index contributed by atoms with van der Waals surface area (Å²) in [6.45, 7) is 7.28. The molecule has 0 unspecified atom stereocenters. The van der Waals surface area contributed by atoms with Gasteiger partial charge in [0, 0.05) is 31.7 Å². The molecule has 6 heteroatoms. The Bertz CT molecular complexity index is 934. The van der Waals surface area contributed by atoms with Crippen LogP contribution in [0, 0.1) is 13.8 Å². The van der Waals surface area contributed by atoms with Crippen molar-refractivity contribution in [2.24, 2.45) is 0 Å². The van der Waals surface area contributed by atoms with Gasteiger partial charge in [0.1, 0.15) is 5.75 Å². The van der Waals surface area contributed by atoms with Gasteiger partial charge in [-0.25, -0.2) is 4.98 Å². The third-order valence-electron chi connectivity index (χ3n) is 5.17. The van der Waals surface area contributed by atoms with Crippen molar-refractivity contribution in [3.8, 4) is 5.75 Å². The lowest BCUT2D eigenvalue weighted by Gasteiger charge is -2.34. The number of amides is 1. The van der Waals surface area contributed by atoms with E-state index in [9.17, 15) is 4.79 Å². The number of hydrogen-bond acceptors (Lipinski definition) is 5. The van der Waals surface area contributed by atoms with Crippen LogP contribution in [0.4, 0.5) is 5.13 Å². The van der Waals surface area contributed by atoms with E-state index >= 15 is 0 Å². The van der Waals surface area contributed by atoms with Gasteiger partial charge < -0.3 is 14.5 Å². The van der Waals surface area contributed by atoms with Crippen LogP contribution in [0.2, 0.25) is 0 Å². The second kappa shape index (κ2) is 7.19. The second-order valence-electron chi connectivity index (χ2n) is 6.91. The number of aryl methyl sites for hydroxylation is 2. The average molecular weight is 382 g/mol. The van der Waals surface area contributed by atoms with Gasteiger partial charge >= 0.3 is 0 Å². The van der Waals surface area contributed by atoms with Crippen LogP contribution in [0.1, 0.15) is 21.5 Å². The van der Waals surface area contributed by atoms with Crippen molar-refractivity contribution in [3.05, 3.63) is 53.1 Å². The minimum absolute atomic E-state index is 0.0767. The topological polar surface area (TPSA) is 45.7 Å². The predicted molar refractivity (Wildman–Crippen MR) is 110 cm³/mol. The van der Waals surface area contributed by atoms with Crippen molar-refractivity contribution >= 4 is 32.6 Å². The smallest absolute Gasteiger partial charge is 0.253 e. The number of aromatic nitrogens is 1. The first-order chi connectivity index (χ1) is 13.0. The molecule has 1 fully saturated rings. The highest BCUT2D eigenvalue weighted by Gasteiger charge is 2.24. The number of thiazole rings is 1. The molecule has 2 heterocycles. The van der Waals surface area contributed by atoms with Crippen LogP contribution >= 0.6 is 11.3 Å². The summed E-state index contributed by atoms with van der Waals surface area (Å²) in [6.07, 6.45) is 0. The molecule has 0 saturated carbocycles. The number of fused-ring (bicyclic) bond motifs is 1. The summed E-state index contributed by atoms with van der Waals surface area (Å²) in [6, 6.07) is 11.7. The van der Waals surface area contributed by atoms with E-state index in [2.05, 4.69) is 30.9 Å². The van der Waals surface area contributed by atoms with Gasteiger partial charge in [-0.05, 0) is 61.4 Å². The van der Waals surface area contributed by atoms with E-state index in [4.69, 9.17) is 9.72 Å². The summed E-state index contributed by atoms with van der Waals surface area (Å²) in [5.74, 6) is 0.838. The van der Waals surface area contributed by atoms with E-state index < -0.39 is 0 Å². The standard InChI is InChI=1S/C21H23N3O2S/c1-14-12-18-19(13-15(14)2)27-21(22-18)24-10-8-23(9-11-24)20(25)16-4-6-17(26-3)7-5-16/h4-7,12-13H,8-11H2,1-3H3. The minimum atomic E-state index is 0.0767. The van der Waals surface area contributed by atoms with Crippen molar-refractivity contribution in [3.63, 3.8) is 0 Å². The first kappa shape index (κ1) is 17.8. The summed E-state index contributed by atoms with van der Waals surface area (Å²) < 4.78 is 6.39. The van der Waals surface area contributed by atoms with Crippen molar-refractivity contribution in [1.29, 1.82) is 0 Å². The van der Waals surface area contributed by atoms with E-state index in [0.29, 0.717) is 18.7 Å². The van der Waals surface area contributed by atoms with Crippen LogP contribution in [-0.4, -0.2) is 49.1 Å². The monoisotopic (exact) mass is 381 g/mol. The molecule has 3 aromatic rings. The molecule has 1 aromatic heterocycles. The minimum Gasteiger partial charge on any atom is -0.497 e. The van der Waals surface area contributed by atoms with Gasteiger partial charge in [-0.1, -0.05) is 11.3 Å². The quantitative estimate of drug-likeness (QED) is 0.691.